The van der Waals surface area contributed by atoms with Gasteiger partial charge in [-0.05, 0) is 19.3 Å². The van der Waals surface area contributed by atoms with Crippen molar-refractivity contribution in [2.75, 3.05) is 24.6 Å². The van der Waals surface area contributed by atoms with Crippen LogP contribution in [0, 0.1) is 0 Å². The Morgan fingerprint density at radius 3 is 2.85 bits per heavy atom. The maximum Gasteiger partial charge on any atom is 0.242 e. The first-order chi connectivity index (χ1) is 9.46. The maximum atomic E-state index is 11.9. The highest BCUT2D eigenvalue weighted by Crippen LogP contribution is 2.08. The highest BCUT2D eigenvalue weighted by Gasteiger charge is 2.28. The average molecular weight is 303 g/mol. The summed E-state index contributed by atoms with van der Waals surface area (Å²) >= 11 is 0. The van der Waals surface area contributed by atoms with Gasteiger partial charge in [0.15, 0.2) is 9.84 Å². The summed E-state index contributed by atoms with van der Waals surface area (Å²) in [6.45, 7) is 1.03. The van der Waals surface area contributed by atoms with Crippen LogP contribution in [0.3, 0.4) is 0 Å². The van der Waals surface area contributed by atoms with Crippen molar-refractivity contribution < 1.29 is 18.0 Å². The molecule has 2 saturated heterocycles. The van der Waals surface area contributed by atoms with Gasteiger partial charge in [0.1, 0.15) is 6.04 Å². The van der Waals surface area contributed by atoms with Crippen molar-refractivity contribution >= 4 is 21.7 Å². The van der Waals surface area contributed by atoms with E-state index in [0.29, 0.717) is 19.5 Å². The van der Waals surface area contributed by atoms with Crippen LogP contribution >= 0.6 is 0 Å². The molecule has 0 aliphatic carbocycles. The molecule has 20 heavy (non-hydrogen) atoms. The van der Waals surface area contributed by atoms with Gasteiger partial charge in [-0.2, -0.15) is 0 Å². The van der Waals surface area contributed by atoms with Gasteiger partial charge in [0.25, 0.3) is 0 Å². The monoisotopic (exact) mass is 303 g/mol. The predicted octanol–water partition coefficient (Wildman–Crippen LogP) is -1.45. The van der Waals surface area contributed by atoms with E-state index in [4.69, 9.17) is 0 Å². The smallest absolute Gasteiger partial charge is 0.242 e. The molecule has 2 amide bonds. The lowest BCUT2D eigenvalue weighted by molar-refractivity contribution is -0.129. The SMILES string of the molecule is O=C(CC1CS(=O)(=O)CCN1)NC1CCCCNC1=O. The van der Waals surface area contributed by atoms with E-state index in [1.54, 1.807) is 0 Å². The van der Waals surface area contributed by atoms with Crippen LogP contribution in [0.15, 0.2) is 0 Å². The van der Waals surface area contributed by atoms with Crippen LogP contribution in [0.1, 0.15) is 25.7 Å². The number of amides is 2. The van der Waals surface area contributed by atoms with Gasteiger partial charge < -0.3 is 16.0 Å². The number of nitrogens with one attached hydrogen (secondary N) is 3. The quantitative estimate of drug-likeness (QED) is 0.591. The summed E-state index contributed by atoms with van der Waals surface area (Å²) in [7, 11) is -3.05. The average Bonchev–Trinajstić information content (AvgIpc) is 2.53. The van der Waals surface area contributed by atoms with Gasteiger partial charge in [-0.25, -0.2) is 8.42 Å². The zero-order valence-electron chi connectivity index (χ0n) is 11.4. The lowest BCUT2D eigenvalue weighted by Crippen LogP contribution is -2.50. The molecule has 114 valence electrons. The van der Waals surface area contributed by atoms with Crippen LogP contribution < -0.4 is 16.0 Å². The third-order valence-corrected chi connectivity index (χ3v) is 5.34. The summed E-state index contributed by atoms with van der Waals surface area (Å²) in [6.07, 6.45) is 2.53. The summed E-state index contributed by atoms with van der Waals surface area (Å²) in [5.41, 5.74) is 0. The second-order valence-corrected chi connectivity index (χ2v) is 7.61. The molecule has 8 heteroatoms. The van der Waals surface area contributed by atoms with E-state index in [9.17, 15) is 18.0 Å². The zero-order chi connectivity index (χ0) is 14.6. The van der Waals surface area contributed by atoms with Crippen molar-refractivity contribution in [1.82, 2.24) is 16.0 Å². The molecule has 2 atom stereocenters. The molecular weight excluding hydrogens is 282 g/mol. The molecule has 0 spiro atoms. The molecule has 0 aromatic rings. The van der Waals surface area contributed by atoms with Crippen LogP contribution in [0.2, 0.25) is 0 Å². The molecule has 0 bridgehead atoms. The minimum absolute atomic E-state index is 0.0166. The third kappa shape index (κ3) is 4.45. The molecule has 2 fully saturated rings. The van der Waals surface area contributed by atoms with Gasteiger partial charge >= 0.3 is 0 Å². The van der Waals surface area contributed by atoms with Crippen LogP contribution in [0.5, 0.6) is 0 Å². The van der Waals surface area contributed by atoms with Crippen molar-refractivity contribution in [1.29, 1.82) is 0 Å². The van der Waals surface area contributed by atoms with E-state index in [1.807, 2.05) is 0 Å². The zero-order valence-corrected chi connectivity index (χ0v) is 12.2. The Morgan fingerprint density at radius 1 is 1.30 bits per heavy atom. The van der Waals surface area contributed by atoms with Crippen molar-refractivity contribution in [3.63, 3.8) is 0 Å². The molecule has 3 N–H and O–H groups in total. The highest BCUT2D eigenvalue weighted by atomic mass is 32.2. The molecule has 0 radical (unpaired) electrons. The second-order valence-electron chi connectivity index (χ2n) is 5.38. The topological polar surface area (TPSA) is 104 Å². The van der Waals surface area contributed by atoms with Crippen molar-refractivity contribution in [2.24, 2.45) is 0 Å². The number of carbonyl (C=O) groups excluding carboxylic acids is 2. The number of carbonyl (C=O) groups is 2. The first kappa shape index (κ1) is 15.2. The number of hydrogen-bond donors (Lipinski definition) is 3. The molecule has 2 unspecified atom stereocenters. The Labute approximate surface area is 118 Å². The van der Waals surface area contributed by atoms with Crippen molar-refractivity contribution in [3.8, 4) is 0 Å². The molecule has 0 aromatic carbocycles. The van der Waals surface area contributed by atoms with Gasteiger partial charge in [0.2, 0.25) is 11.8 Å². The fourth-order valence-corrected chi connectivity index (χ4v) is 4.00. The minimum Gasteiger partial charge on any atom is -0.354 e. The molecule has 0 aromatic heterocycles. The lowest BCUT2D eigenvalue weighted by Gasteiger charge is -2.24. The highest BCUT2D eigenvalue weighted by molar-refractivity contribution is 7.91. The molecular formula is C12H21N3O4S. The summed E-state index contributed by atoms with van der Waals surface area (Å²) in [5.74, 6) is -0.324. The Kier molecular flexibility index (Phi) is 4.98. The minimum atomic E-state index is -3.05. The lowest BCUT2D eigenvalue weighted by atomic mass is 10.1. The van der Waals surface area contributed by atoms with Gasteiger partial charge in [-0.3, -0.25) is 9.59 Å². The summed E-state index contributed by atoms with van der Waals surface area (Å²) in [6, 6.07) is -0.854. The van der Waals surface area contributed by atoms with Crippen LogP contribution in [-0.4, -0.2) is 56.9 Å². The second kappa shape index (κ2) is 6.53. The Bertz CT molecular complexity index is 477. The van der Waals surface area contributed by atoms with Crippen LogP contribution in [0.4, 0.5) is 0 Å². The van der Waals surface area contributed by atoms with Crippen molar-refractivity contribution in [2.45, 2.75) is 37.8 Å². The Morgan fingerprint density at radius 2 is 2.10 bits per heavy atom. The van der Waals surface area contributed by atoms with E-state index < -0.39 is 15.9 Å². The first-order valence-electron chi connectivity index (χ1n) is 6.97. The summed E-state index contributed by atoms with van der Waals surface area (Å²) < 4.78 is 23.0. The molecule has 2 heterocycles. The number of sulfone groups is 1. The molecule has 2 aliphatic rings. The van der Waals surface area contributed by atoms with Crippen LogP contribution in [-0.2, 0) is 19.4 Å². The largest absolute Gasteiger partial charge is 0.354 e. The maximum absolute atomic E-state index is 11.9. The van der Waals surface area contributed by atoms with E-state index in [1.165, 1.54) is 0 Å². The molecule has 2 rings (SSSR count). The molecule has 2 aliphatic heterocycles. The van der Waals surface area contributed by atoms with Gasteiger partial charge in [-0.1, -0.05) is 0 Å². The van der Waals surface area contributed by atoms with E-state index in [2.05, 4.69) is 16.0 Å². The van der Waals surface area contributed by atoms with Crippen molar-refractivity contribution in [3.05, 3.63) is 0 Å². The van der Waals surface area contributed by atoms with Gasteiger partial charge in [0.05, 0.1) is 11.5 Å². The Hall–Kier alpha value is -1.15. The van der Waals surface area contributed by atoms with Gasteiger partial charge in [-0.15, -0.1) is 0 Å². The normalized spacial score (nSPS) is 30.1. The van der Waals surface area contributed by atoms with E-state index >= 15 is 0 Å². The number of hydrogen-bond acceptors (Lipinski definition) is 5. The molecule has 7 nitrogen and oxygen atoms in total. The van der Waals surface area contributed by atoms with Crippen LogP contribution in [0.25, 0.3) is 0 Å². The summed E-state index contributed by atoms with van der Waals surface area (Å²) in [5, 5.41) is 8.47. The van der Waals surface area contributed by atoms with E-state index in [-0.39, 0.29) is 35.8 Å². The molecule has 0 saturated carbocycles. The standard InChI is InChI=1S/C12H21N3O4S/c16-11(7-9-8-20(18,19)6-5-13-9)15-10-3-1-2-4-14-12(10)17/h9-10,13H,1-8H2,(H,14,17)(H,15,16). The first-order valence-corrected chi connectivity index (χ1v) is 8.79. The third-order valence-electron chi connectivity index (χ3n) is 3.60. The van der Waals surface area contributed by atoms with Gasteiger partial charge in [0, 0.05) is 25.6 Å². The number of rotatable bonds is 3. The Balaban J connectivity index is 1.84. The predicted molar refractivity (Wildman–Crippen MR) is 73.9 cm³/mol. The van der Waals surface area contributed by atoms with E-state index in [0.717, 1.165) is 12.8 Å². The fourth-order valence-electron chi connectivity index (χ4n) is 2.55. The fraction of sp³-hybridized carbons (Fsp3) is 0.833. The summed E-state index contributed by atoms with van der Waals surface area (Å²) in [4.78, 5) is 23.6.